The highest BCUT2D eigenvalue weighted by molar-refractivity contribution is 14.1. The molecular formula is C18H13F5IN3. The maximum absolute atomic E-state index is 13.7. The van der Waals surface area contributed by atoms with Gasteiger partial charge in [-0.05, 0) is 31.2 Å². The van der Waals surface area contributed by atoms with Gasteiger partial charge >= 0.3 is 3.93 Å². The van der Waals surface area contributed by atoms with E-state index in [1.165, 1.54) is 10.8 Å². The Hall–Kier alpha value is -2.17. The van der Waals surface area contributed by atoms with Gasteiger partial charge in [-0.25, -0.2) is 18.2 Å². The lowest BCUT2D eigenvalue weighted by Crippen LogP contribution is -2.05. The van der Waals surface area contributed by atoms with E-state index in [0.29, 0.717) is 29.3 Å². The third-order valence-electron chi connectivity index (χ3n) is 3.89. The molecule has 0 aliphatic heterocycles. The number of rotatable bonds is 5. The number of halogens is 6. The summed E-state index contributed by atoms with van der Waals surface area (Å²) in [6.45, 7) is 1.44. The molecule has 9 heteroatoms. The second-order valence-electron chi connectivity index (χ2n) is 5.79. The monoisotopic (exact) mass is 493 g/mol. The summed E-state index contributed by atoms with van der Waals surface area (Å²) < 4.78 is 65.5. The van der Waals surface area contributed by atoms with Crippen LogP contribution in [0.15, 0.2) is 42.6 Å². The first-order valence-electron chi connectivity index (χ1n) is 7.76. The summed E-state index contributed by atoms with van der Waals surface area (Å²) in [5, 5.41) is 2.84. The number of benzene rings is 2. The molecule has 0 radical (unpaired) electrons. The minimum absolute atomic E-state index is 0.174. The number of hydrogen-bond donors (Lipinski definition) is 1. The fraction of sp³-hybridized carbons (Fsp3) is 0.167. The van der Waals surface area contributed by atoms with Crippen LogP contribution in [0, 0.1) is 24.4 Å². The molecule has 0 saturated heterocycles. The Morgan fingerprint density at radius 2 is 1.67 bits per heavy atom. The van der Waals surface area contributed by atoms with Crippen molar-refractivity contribution in [2.24, 2.45) is 0 Å². The van der Waals surface area contributed by atoms with E-state index in [4.69, 9.17) is 0 Å². The Bertz CT molecular complexity index is 941. The topological polar surface area (TPSA) is 29.9 Å². The highest BCUT2D eigenvalue weighted by Crippen LogP contribution is 2.34. The number of nitrogens with zero attached hydrogens (tertiary/aromatic N) is 2. The van der Waals surface area contributed by atoms with Crippen LogP contribution in [0.5, 0.6) is 0 Å². The number of imidazole rings is 1. The predicted molar refractivity (Wildman–Crippen MR) is 99.9 cm³/mol. The number of alkyl halides is 3. The van der Waals surface area contributed by atoms with Gasteiger partial charge in [0.15, 0.2) is 0 Å². The van der Waals surface area contributed by atoms with Gasteiger partial charge in [-0.3, -0.25) is 0 Å². The molecule has 1 aromatic heterocycles. The zero-order valence-electron chi connectivity index (χ0n) is 13.9. The van der Waals surface area contributed by atoms with Gasteiger partial charge in [-0.15, -0.1) is 0 Å². The fourth-order valence-electron chi connectivity index (χ4n) is 2.54. The number of anilines is 1. The van der Waals surface area contributed by atoms with E-state index < -0.39 is 21.4 Å². The predicted octanol–water partition coefficient (Wildman–Crippen LogP) is 5.69. The standard InChI is InChI=1S/C18H13F5IN3/c1-10-26-17(18(22,23)24)9-27(10)13-4-2-12(3-5-13)25-8-14-15(20)6-11(19)7-16(14)21/h2-7,9,25H,8H2,1H3. The van der Waals surface area contributed by atoms with Crippen molar-refractivity contribution in [2.75, 3.05) is 5.32 Å². The maximum Gasteiger partial charge on any atom is 0.339 e. The normalized spacial score (nSPS) is 11.7. The first-order valence-corrected chi connectivity index (χ1v) is 8.84. The molecule has 0 unspecified atom stereocenters. The van der Waals surface area contributed by atoms with E-state index in [9.17, 15) is 22.0 Å². The van der Waals surface area contributed by atoms with E-state index in [2.05, 4.69) is 10.3 Å². The highest BCUT2D eigenvalue weighted by Gasteiger charge is 2.30. The minimum atomic E-state index is -3.07. The van der Waals surface area contributed by atoms with Crippen molar-refractivity contribution in [3.8, 4) is 5.69 Å². The number of aromatic nitrogens is 2. The van der Waals surface area contributed by atoms with Crippen LogP contribution < -0.4 is 5.32 Å². The van der Waals surface area contributed by atoms with Crippen LogP contribution in [0.3, 0.4) is 0 Å². The van der Waals surface area contributed by atoms with Crippen molar-refractivity contribution in [2.45, 2.75) is 17.4 Å². The van der Waals surface area contributed by atoms with E-state index in [-0.39, 0.29) is 17.8 Å². The summed E-state index contributed by atoms with van der Waals surface area (Å²) >= 11 is 1.02. The Labute approximate surface area is 165 Å². The summed E-state index contributed by atoms with van der Waals surface area (Å²) in [4.78, 5) is 3.86. The van der Waals surface area contributed by atoms with Crippen LogP contribution in [0.4, 0.5) is 27.6 Å². The molecule has 1 heterocycles. The van der Waals surface area contributed by atoms with Crippen LogP contribution in [-0.2, 0) is 10.5 Å². The van der Waals surface area contributed by atoms with E-state index in [1.54, 1.807) is 31.2 Å². The minimum Gasteiger partial charge on any atom is -0.381 e. The highest BCUT2D eigenvalue weighted by atomic mass is 127. The van der Waals surface area contributed by atoms with Crippen LogP contribution in [0.1, 0.15) is 17.1 Å². The van der Waals surface area contributed by atoms with Crippen molar-refractivity contribution in [1.29, 1.82) is 0 Å². The van der Waals surface area contributed by atoms with Gasteiger partial charge in [0.05, 0.1) is 0 Å². The van der Waals surface area contributed by atoms with Crippen molar-refractivity contribution in [3.05, 3.63) is 77.1 Å². The number of hydrogen-bond acceptors (Lipinski definition) is 2. The second-order valence-corrected chi connectivity index (χ2v) is 7.14. The summed E-state index contributed by atoms with van der Waals surface area (Å²) in [5.41, 5.74) is 0.542. The van der Waals surface area contributed by atoms with E-state index >= 15 is 0 Å². The Kier molecular flexibility index (Phi) is 5.41. The van der Waals surface area contributed by atoms with Crippen LogP contribution >= 0.6 is 22.6 Å². The van der Waals surface area contributed by atoms with Crippen LogP contribution in [-0.4, -0.2) is 9.55 Å². The van der Waals surface area contributed by atoms with Gasteiger partial charge < -0.3 is 9.88 Å². The fourth-order valence-corrected chi connectivity index (χ4v) is 2.80. The third kappa shape index (κ3) is 4.40. The number of nitrogens with one attached hydrogen (secondary N) is 1. The molecule has 0 amide bonds. The van der Waals surface area contributed by atoms with Gasteiger partial charge in [-0.1, -0.05) is 0 Å². The lowest BCUT2D eigenvalue weighted by atomic mass is 10.2. The molecule has 0 saturated carbocycles. The Balaban J connectivity index is 1.76. The molecule has 142 valence electrons. The number of aryl methyl sites for hydroxylation is 1. The largest absolute Gasteiger partial charge is 0.381 e. The van der Waals surface area contributed by atoms with E-state index in [0.717, 1.165) is 22.6 Å². The van der Waals surface area contributed by atoms with Gasteiger partial charge in [0.1, 0.15) is 29.0 Å². The van der Waals surface area contributed by atoms with Crippen LogP contribution in [0.2, 0.25) is 0 Å². The van der Waals surface area contributed by atoms with E-state index in [1.807, 2.05) is 0 Å². The molecular weight excluding hydrogens is 480 g/mol. The smallest absolute Gasteiger partial charge is 0.339 e. The molecule has 27 heavy (non-hydrogen) atoms. The van der Waals surface area contributed by atoms with Crippen molar-refractivity contribution in [1.82, 2.24) is 9.55 Å². The third-order valence-corrected chi connectivity index (χ3v) is 4.45. The zero-order chi connectivity index (χ0) is 19.8. The first kappa shape index (κ1) is 19.6. The molecule has 0 spiro atoms. The van der Waals surface area contributed by atoms with Crippen molar-refractivity contribution >= 4 is 28.3 Å². The van der Waals surface area contributed by atoms with Gasteiger partial charge in [0.25, 0.3) is 0 Å². The second kappa shape index (κ2) is 7.45. The molecule has 0 atom stereocenters. The molecule has 0 aliphatic rings. The van der Waals surface area contributed by atoms with Gasteiger partial charge in [0.2, 0.25) is 0 Å². The molecule has 3 nitrogen and oxygen atoms in total. The van der Waals surface area contributed by atoms with Crippen molar-refractivity contribution < 1.29 is 22.0 Å². The zero-order valence-corrected chi connectivity index (χ0v) is 16.1. The molecule has 3 rings (SSSR count). The van der Waals surface area contributed by atoms with Crippen molar-refractivity contribution in [3.63, 3.8) is 0 Å². The summed E-state index contributed by atoms with van der Waals surface area (Å²) in [7, 11) is 0. The SMILES string of the molecule is Cc1nc(C(F)(F)I)cn1-c1ccc(NCc2c(F)cc(F)cc2F)cc1. The molecule has 0 bridgehead atoms. The summed E-state index contributed by atoms with van der Waals surface area (Å²) in [6, 6.07) is 7.82. The Morgan fingerprint density at radius 1 is 1.07 bits per heavy atom. The molecule has 2 aromatic carbocycles. The summed E-state index contributed by atoms with van der Waals surface area (Å²) in [6.07, 6.45) is 1.26. The molecule has 0 aliphatic carbocycles. The lowest BCUT2D eigenvalue weighted by Gasteiger charge is -2.10. The molecule has 3 aromatic rings. The quantitative estimate of drug-likeness (QED) is 0.281. The Morgan fingerprint density at radius 3 is 2.19 bits per heavy atom. The molecule has 0 fully saturated rings. The van der Waals surface area contributed by atoms with Gasteiger partial charge in [0, 0.05) is 64.4 Å². The summed E-state index contributed by atoms with van der Waals surface area (Å²) in [5.74, 6) is -2.53. The maximum atomic E-state index is 13.7. The van der Waals surface area contributed by atoms with Gasteiger partial charge in [-0.2, -0.15) is 8.78 Å². The first-order chi connectivity index (χ1) is 12.6. The average molecular weight is 493 g/mol. The lowest BCUT2D eigenvalue weighted by molar-refractivity contribution is 0.122. The van der Waals surface area contributed by atoms with Crippen LogP contribution in [0.25, 0.3) is 5.69 Å². The average Bonchev–Trinajstić information content (AvgIpc) is 2.96. The molecule has 1 N–H and O–H groups in total.